The Morgan fingerprint density at radius 3 is 2.54 bits per heavy atom. The van der Waals surface area contributed by atoms with Crippen molar-refractivity contribution >= 4 is 34.4 Å². The summed E-state index contributed by atoms with van der Waals surface area (Å²) in [5, 5.41) is 4.32. The number of halogens is 1. The summed E-state index contributed by atoms with van der Waals surface area (Å²) in [6.45, 7) is 5.54. The number of esters is 1. The van der Waals surface area contributed by atoms with Crippen LogP contribution < -0.4 is 5.32 Å². The highest BCUT2D eigenvalue weighted by Crippen LogP contribution is 2.25. The fourth-order valence-corrected chi connectivity index (χ4v) is 3.07. The summed E-state index contributed by atoms with van der Waals surface area (Å²) in [5.74, 6) is -0.838. The second-order valence-electron chi connectivity index (χ2n) is 6.87. The van der Waals surface area contributed by atoms with Crippen LogP contribution in [0.15, 0.2) is 47.1 Å². The molecule has 1 N–H and O–H groups in total. The third-order valence-electron chi connectivity index (χ3n) is 4.72. The van der Waals surface area contributed by atoms with Gasteiger partial charge in [0, 0.05) is 16.0 Å². The fourth-order valence-electron chi connectivity index (χ4n) is 2.94. The van der Waals surface area contributed by atoms with Gasteiger partial charge < -0.3 is 14.5 Å². The van der Waals surface area contributed by atoms with Crippen molar-refractivity contribution in [1.82, 2.24) is 5.32 Å². The number of rotatable bonds is 6. The molecule has 146 valence electrons. The van der Waals surface area contributed by atoms with Crippen molar-refractivity contribution in [3.05, 3.63) is 69.9 Å². The van der Waals surface area contributed by atoms with Gasteiger partial charge in [-0.05, 0) is 61.7 Å². The standard InChI is InChI=1S/C22H22ClNO4/c1-13-8-19-17(11-27-20(19)9-14(13)2)10-22(26)28-12-21(25)24-15(3)16-4-6-18(23)7-5-16/h4-9,11,15H,10,12H2,1-3H3,(H,24,25)/t15-/m1/s1. The minimum absolute atomic E-state index is 0.0511. The molecule has 3 aromatic rings. The minimum Gasteiger partial charge on any atom is -0.464 e. The van der Waals surface area contributed by atoms with Crippen LogP contribution in [0.2, 0.25) is 5.02 Å². The van der Waals surface area contributed by atoms with Crippen molar-refractivity contribution in [3.8, 4) is 0 Å². The number of ether oxygens (including phenoxy) is 1. The normalized spacial score (nSPS) is 12.0. The van der Waals surface area contributed by atoms with Crippen molar-refractivity contribution in [2.24, 2.45) is 0 Å². The van der Waals surface area contributed by atoms with Gasteiger partial charge in [-0.2, -0.15) is 0 Å². The number of fused-ring (bicyclic) bond motifs is 1. The Bertz CT molecular complexity index is 1010. The molecule has 0 radical (unpaired) electrons. The quantitative estimate of drug-likeness (QED) is 0.612. The lowest BCUT2D eigenvalue weighted by Gasteiger charge is -2.14. The molecule has 1 heterocycles. The summed E-state index contributed by atoms with van der Waals surface area (Å²) >= 11 is 5.87. The summed E-state index contributed by atoms with van der Waals surface area (Å²) in [6.07, 6.45) is 1.61. The molecule has 0 bridgehead atoms. The van der Waals surface area contributed by atoms with Gasteiger partial charge in [-0.1, -0.05) is 23.7 Å². The monoisotopic (exact) mass is 399 g/mol. The van der Waals surface area contributed by atoms with Crippen LogP contribution in [0, 0.1) is 13.8 Å². The van der Waals surface area contributed by atoms with E-state index in [9.17, 15) is 9.59 Å². The molecule has 0 saturated carbocycles. The lowest BCUT2D eigenvalue weighted by molar-refractivity contribution is -0.148. The van der Waals surface area contributed by atoms with E-state index in [1.807, 2.05) is 45.0 Å². The maximum absolute atomic E-state index is 12.1. The number of benzene rings is 2. The summed E-state index contributed by atoms with van der Waals surface area (Å²) in [6, 6.07) is 10.9. The summed E-state index contributed by atoms with van der Waals surface area (Å²) < 4.78 is 10.6. The van der Waals surface area contributed by atoms with Gasteiger partial charge in [0.2, 0.25) is 0 Å². The predicted molar refractivity (Wildman–Crippen MR) is 108 cm³/mol. The second kappa shape index (κ2) is 8.48. The maximum Gasteiger partial charge on any atom is 0.310 e. The Kier molecular flexibility index (Phi) is 6.05. The first kappa shape index (κ1) is 20.0. The molecule has 0 aliphatic rings. The smallest absolute Gasteiger partial charge is 0.310 e. The van der Waals surface area contributed by atoms with E-state index >= 15 is 0 Å². The third kappa shape index (κ3) is 4.73. The van der Waals surface area contributed by atoms with Gasteiger partial charge in [0.15, 0.2) is 6.61 Å². The van der Waals surface area contributed by atoms with Gasteiger partial charge in [-0.3, -0.25) is 9.59 Å². The van der Waals surface area contributed by atoms with Gasteiger partial charge in [-0.25, -0.2) is 0 Å². The zero-order valence-electron chi connectivity index (χ0n) is 16.0. The number of nitrogens with one attached hydrogen (secondary N) is 1. The van der Waals surface area contributed by atoms with Crippen molar-refractivity contribution in [1.29, 1.82) is 0 Å². The Morgan fingerprint density at radius 1 is 1.14 bits per heavy atom. The largest absolute Gasteiger partial charge is 0.464 e. The molecular formula is C22H22ClNO4. The highest BCUT2D eigenvalue weighted by molar-refractivity contribution is 6.30. The highest BCUT2D eigenvalue weighted by Gasteiger charge is 2.15. The second-order valence-corrected chi connectivity index (χ2v) is 7.31. The molecule has 0 fully saturated rings. The van der Waals surface area contributed by atoms with Crippen LogP contribution in [0.1, 0.15) is 35.2 Å². The van der Waals surface area contributed by atoms with Crippen LogP contribution in [0.4, 0.5) is 0 Å². The average Bonchev–Trinajstić information content (AvgIpc) is 3.02. The molecule has 2 aromatic carbocycles. The van der Waals surface area contributed by atoms with E-state index in [1.165, 1.54) is 0 Å². The van der Waals surface area contributed by atoms with Gasteiger partial charge in [0.1, 0.15) is 5.58 Å². The molecule has 28 heavy (non-hydrogen) atoms. The number of hydrogen-bond donors (Lipinski definition) is 1. The van der Waals surface area contributed by atoms with Crippen molar-refractivity contribution in [2.75, 3.05) is 6.61 Å². The number of amides is 1. The number of furan rings is 1. The van der Waals surface area contributed by atoms with Gasteiger partial charge >= 0.3 is 5.97 Å². The molecule has 3 rings (SSSR count). The molecule has 1 aromatic heterocycles. The van der Waals surface area contributed by atoms with E-state index in [0.717, 1.165) is 33.2 Å². The van der Waals surface area contributed by atoms with E-state index in [4.69, 9.17) is 20.8 Å². The molecule has 0 spiro atoms. The Hall–Kier alpha value is -2.79. The van der Waals surface area contributed by atoms with Crippen molar-refractivity contribution in [2.45, 2.75) is 33.2 Å². The molecule has 1 amide bonds. The fraction of sp³-hybridized carbons (Fsp3) is 0.273. The zero-order chi connectivity index (χ0) is 20.3. The topological polar surface area (TPSA) is 68.5 Å². The third-order valence-corrected chi connectivity index (χ3v) is 4.97. The van der Waals surface area contributed by atoms with E-state index in [-0.39, 0.29) is 25.0 Å². The maximum atomic E-state index is 12.1. The minimum atomic E-state index is -0.477. The lowest BCUT2D eigenvalue weighted by Crippen LogP contribution is -2.31. The molecule has 6 heteroatoms. The molecule has 0 unspecified atom stereocenters. The number of carbonyl (C=O) groups excluding carboxylic acids is 2. The highest BCUT2D eigenvalue weighted by atomic mass is 35.5. The van der Waals surface area contributed by atoms with E-state index in [0.29, 0.717) is 5.02 Å². The van der Waals surface area contributed by atoms with E-state index < -0.39 is 5.97 Å². The van der Waals surface area contributed by atoms with Crippen LogP contribution in [-0.2, 0) is 20.7 Å². The van der Waals surface area contributed by atoms with Crippen LogP contribution in [0.3, 0.4) is 0 Å². The first-order valence-electron chi connectivity index (χ1n) is 9.01. The molecule has 1 atom stereocenters. The van der Waals surface area contributed by atoms with Crippen molar-refractivity contribution in [3.63, 3.8) is 0 Å². The van der Waals surface area contributed by atoms with Gasteiger partial charge in [0.05, 0.1) is 18.7 Å². The predicted octanol–water partition coefficient (Wildman–Crippen LogP) is 4.67. The SMILES string of the molecule is Cc1cc2occ(CC(=O)OCC(=O)N[C@H](C)c3ccc(Cl)cc3)c2cc1C. The van der Waals surface area contributed by atoms with Crippen LogP contribution >= 0.6 is 11.6 Å². The zero-order valence-corrected chi connectivity index (χ0v) is 16.8. The summed E-state index contributed by atoms with van der Waals surface area (Å²) in [5.41, 5.74) is 4.65. The summed E-state index contributed by atoms with van der Waals surface area (Å²) in [4.78, 5) is 24.2. The number of aryl methyl sites for hydroxylation is 2. The average molecular weight is 400 g/mol. The number of hydrogen-bond acceptors (Lipinski definition) is 4. The Morgan fingerprint density at radius 2 is 1.82 bits per heavy atom. The molecule has 0 aliphatic heterocycles. The van der Waals surface area contributed by atoms with Gasteiger partial charge in [0.25, 0.3) is 5.91 Å². The van der Waals surface area contributed by atoms with Crippen molar-refractivity contribution < 1.29 is 18.7 Å². The van der Waals surface area contributed by atoms with E-state index in [1.54, 1.807) is 18.4 Å². The summed E-state index contributed by atoms with van der Waals surface area (Å²) in [7, 11) is 0. The van der Waals surface area contributed by atoms with Crippen LogP contribution in [0.25, 0.3) is 11.0 Å². The lowest BCUT2D eigenvalue weighted by atomic mass is 10.0. The number of carbonyl (C=O) groups is 2. The molecular weight excluding hydrogens is 378 g/mol. The molecule has 0 saturated heterocycles. The first-order valence-corrected chi connectivity index (χ1v) is 9.39. The molecule has 0 aliphatic carbocycles. The van der Waals surface area contributed by atoms with Crippen LogP contribution in [0.5, 0.6) is 0 Å². The molecule has 5 nitrogen and oxygen atoms in total. The van der Waals surface area contributed by atoms with E-state index in [2.05, 4.69) is 5.32 Å². The van der Waals surface area contributed by atoms with Gasteiger partial charge in [-0.15, -0.1) is 0 Å². The Labute approximate surface area is 168 Å². The Balaban J connectivity index is 1.53. The first-order chi connectivity index (χ1) is 13.3. The van der Waals surface area contributed by atoms with Crippen LogP contribution in [-0.4, -0.2) is 18.5 Å².